The molecule has 0 aromatic heterocycles. The fraction of sp³-hybridized carbons (Fsp3) is 0.222. The van der Waals surface area contributed by atoms with Gasteiger partial charge < -0.3 is 24.4 Å². The van der Waals surface area contributed by atoms with Crippen LogP contribution in [-0.4, -0.2) is 46.7 Å². The Morgan fingerprint density at radius 1 is 1.00 bits per heavy atom. The third-order valence-corrected chi connectivity index (χ3v) is 6.58. The lowest BCUT2D eigenvalue weighted by Gasteiger charge is -2.24. The topological polar surface area (TPSA) is 80.3 Å². The van der Waals surface area contributed by atoms with E-state index < -0.39 is 6.04 Å². The number of rotatable bonds is 8. The van der Waals surface area contributed by atoms with Gasteiger partial charge in [-0.15, -0.1) is 0 Å². The highest BCUT2D eigenvalue weighted by Gasteiger charge is 2.43. The molecule has 1 N–H and O–H groups in total. The summed E-state index contributed by atoms with van der Waals surface area (Å²) in [6.45, 7) is 0.873. The minimum Gasteiger partial charge on any atom is -0.497 e. The standard InChI is InChI=1S/C27H25N3O5S/c1-33-21-10-8-20(9-11-21)28-25(31)14-22-26(32)30(15-18-5-3-2-4-6-18)27(36)29(22)16-19-7-12-23-24(13-19)35-17-34-23/h2-13,22H,14-17H2,1H3,(H,28,31)/t22-/m0/s1. The van der Waals surface area contributed by atoms with Crippen LogP contribution in [0.25, 0.3) is 0 Å². The maximum atomic E-state index is 13.5. The Hall–Kier alpha value is -4.11. The predicted octanol–water partition coefficient (Wildman–Crippen LogP) is 3.95. The second-order valence-corrected chi connectivity index (χ2v) is 8.87. The SMILES string of the molecule is COc1ccc(NC(=O)C[C@H]2C(=O)N(Cc3ccccc3)C(=S)N2Cc2ccc3c(c2)OCO3)cc1. The van der Waals surface area contributed by atoms with E-state index >= 15 is 0 Å². The molecule has 0 radical (unpaired) electrons. The number of hydrogen-bond donors (Lipinski definition) is 1. The van der Waals surface area contributed by atoms with Gasteiger partial charge in [0.05, 0.1) is 20.1 Å². The van der Waals surface area contributed by atoms with Crippen LogP contribution in [0.3, 0.4) is 0 Å². The van der Waals surface area contributed by atoms with Crippen LogP contribution in [-0.2, 0) is 22.7 Å². The first-order valence-electron chi connectivity index (χ1n) is 11.5. The number of hydrogen-bond acceptors (Lipinski definition) is 6. The quantitative estimate of drug-likeness (QED) is 0.466. The molecule has 3 aromatic rings. The number of benzene rings is 3. The summed E-state index contributed by atoms with van der Waals surface area (Å²) < 4.78 is 16.1. The van der Waals surface area contributed by atoms with E-state index in [9.17, 15) is 9.59 Å². The zero-order chi connectivity index (χ0) is 25.1. The highest BCUT2D eigenvalue weighted by atomic mass is 32.1. The number of ether oxygens (including phenoxy) is 3. The van der Waals surface area contributed by atoms with Crippen molar-refractivity contribution in [3.63, 3.8) is 0 Å². The molecular weight excluding hydrogens is 478 g/mol. The molecule has 2 amide bonds. The Bertz CT molecular complexity index is 1280. The fourth-order valence-electron chi connectivity index (χ4n) is 4.28. The first-order valence-corrected chi connectivity index (χ1v) is 11.9. The molecule has 2 heterocycles. The molecule has 36 heavy (non-hydrogen) atoms. The number of fused-ring (bicyclic) bond motifs is 1. The molecule has 2 aliphatic heterocycles. The summed E-state index contributed by atoms with van der Waals surface area (Å²) in [7, 11) is 1.58. The maximum absolute atomic E-state index is 13.5. The largest absolute Gasteiger partial charge is 0.497 e. The number of carbonyl (C=O) groups excluding carboxylic acids is 2. The summed E-state index contributed by atoms with van der Waals surface area (Å²) in [6, 6.07) is 21.6. The molecule has 9 heteroatoms. The highest BCUT2D eigenvalue weighted by molar-refractivity contribution is 7.80. The average Bonchev–Trinajstić information content (AvgIpc) is 3.44. The van der Waals surface area contributed by atoms with E-state index in [4.69, 9.17) is 26.4 Å². The summed E-state index contributed by atoms with van der Waals surface area (Å²) >= 11 is 5.75. The van der Waals surface area contributed by atoms with E-state index in [0.717, 1.165) is 11.1 Å². The summed E-state index contributed by atoms with van der Waals surface area (Å²) in [6.07, 6.45) is -0.0408. The number of methoxy groups -OCH3 is 1. The summed E-state index contributed by atoms with van der Waals surface area (Å²) in [5.41, 5.74) is 2.48. The number of nitrogens with zero attached hydrogens (tertiary/aromatic N) is 2. The van der Waals surface area contributed by atoms with E-state index in [-0.39, 0.29) is 25.0 Å². The Morgan fingerprint density at radius 2 is 1.75 bits per heavy atom. The van der Waals surface area contributed by atoms with E-state index in [1.807, 2.05) is 53.4 Å². The molecule has 1 fully saturated rings. The summed E-state index contributed by atoms with van der Waals surface area (Å²) in [4.78, 5) is 29.9. The number of amides is 2. The summed E-state index contributed by atoms with van der Waals surface area (Å²) in [5, 5.41) is 3.26. The second-order valence-electron chi connectivity index (χ2n) is 8.50. The van der Waals surface area contributed by atoms with Gasteiger partial charge in [0, 0.05) is 12.2 Å². The van der Waals surface area contributed by atoms with Crippen molar-refractivity contribution in [2.45, 2.75) is 25.6 Å². The number of carbonyl (C=O) groups is 2. The molecule has 5 rings (SSSR count). The van der Waals surface area contributed by atoms with Crippen LogP contribution < -0.4 is 19.5 Å². The molecule has 2 aliphatic rings. The van der Waals surface area contributed by atoms with Gasteiger partial charge in [0.15, 0.2) is 16.6 Å². The van der Waals surface area contributed by atoms with Crippen LogP contribution >= 0.6 is 12.2 Å². The van der Waals surface area contributed by atoms with Gasteiger partial charge in [-0.3, -0.25) is 14.5 Å². The van der Waals surface area contributed by atoms with E-state index in [1.165, 1.54) is 0 Å². The Labute approximate surface area is 214 Å². The van der Waals surface area contributed by atoms with Crippen LogP contribution in [0.1, 0.15) is 17.5 Å². The van der Waals surface area contributed by atoms with Gasteiger partial charge in [-0.25, -0.2) is 0 Å². The van der Waals surface area contributed by atoms with E-state index in [1.54, 1.807) is 36.3 Å². The van der Waals surface area contributed by atoms with Gasteiger partial charge in [-0.05, 0) is 59.7 Å². The van der Waals surface area contributed by atoms with Crippen molar-refractivity contribution in [1.29, 1.82) is 0 Å². The molecule has 3 aromatic carbocycles. The van der Waals surface area contributed by atoms with Crippen LogP contribution in [0.4, 0.5) is 5.69 Å². The minimum absolute atomic E-state index is 0.0408. The first-order chi connectivity index (χ1) is 17.5. The number of anilines is 1. The molecule has 1 atom stereocenters. The van der Waals surface area contributed by atoms with Crippen LogP contribution in [0.5, 0.6) is 17.2 Å². The lowest BCUT2D eigenvalue weighted by Crippen LogP contribution is -2.37. The molecule has 0 bridgehead atoms. The molecular formula is C27H25N3O5S. The van der Waals surface area contributed by atoms with Crippen molar-refractivity contribution >= 4 is 34.8 Å². The van der Waals surface area contributed by atoms with Crippen molar-refractivity contribution in [1.82, 2.24) is 9.80 Å². The summed E-state index contributed by atoms with van der Waals surface area (Å²) in [5.74, 6) is 1.54. The fourth-order valence-corrected chi connectivity index (χ4v) is 4.63. The Balaban J connectivity index is 1.36. The van der Waals surface area contributed by atoms with Gasteiger partial charge in [-0.1, -0.05) is 36.4 Å². The molecule has 1 saturated heterocycles. The molecule has 0 aliphatic carbocycles. The van der Waals surface area contributed by atoms with Crippen molar-refractivity contribution < 1.29 is 23.8 Å². The molecule has 184 valence electrons. The van der Waals surface area contributed by atoms with Crippen LogP contribution in [0.2, 0.25) is 0 Å². The Morgan fingerprint density at radius 3 is 2.50 bits per heavy atom. The van der Waals surface area contributed by atoms with Crippen LogP contribution in [0, 0.1) is 0 Å². The number of thiocarbonyl (C=S) groups is 1. The monoisotopic (exact) mass is 503 g/mol. The smallest absolute Gasteiger partial charge is 0.252 e. The predicted molar refractivity (Wildman–Crippen MR) is 138 cm³/mol. The second kappa shape index (κ2) is 10.2. The van der Waals surface area contributed by atoms with Gasteiger partial charge in [0.25, 0.3) is 5.91 Å². The van der Waals surface area contributed by atoms with Crippen molar-refractivity contribution in [2.24, 2.45) is 0 Å². The third-order valence-electron chi connectivity index (χ3n) is 6.13. The third kappa shape index (κ3) is 4.96. The average molecular weight is 504 g/mol. The normalized spacial score (nSPS) is 16.4. The van der Waals surface area contributed by atoms with Gasteiger partial charge in [0.2, 0.25) is 12.7 Å². The van der Waals surface area contributed by atoms with Crippen molar-refractivity contribution in [3.8, 4) is 17.2 Å². The van der Waals surface area contributed by atoms with Crippen LogP contribution in [0.15, 0.2) is 72.8 Å². The highest BCUT2D eigenvalue weighted by Crippen LogP contribution is 2.34. The Kier molecular flexibility index (Phi) is 6.73. The van der Waals surface area contributed by atoms with Gasteiger partial charge in [-0.2, -0.15) is 0 Å². The molecule has 8 nitrogen and oxygen atoms in total. The number of nitrogens with one attached hydrogen (secondary N) is 1. The van der Waals surface area contributed by atoms with Crippen molar-refractivity contribution in [2.75, 3.05) is 19.2 Å². The molecule has 0 saturated carbocycles. The zero-order valence-electron chi connectivity index (χ0n) is 19.7. The molecule has 0 spiro atoms. The zero-order valence-corrected chi connectivity index (χ0v) is 20.5. The first kappa shape index (κ1) is 23.6. The molecule has 0 unspecified atom stereocenters. The van der Waals surface area contributed by atoms with E-state index in [2.05, 4.69) is 5.32 Å². The van der Waals surface area contributed by atoms with Gasteiger partial charge in [0.1, 0.15) is 11.8 Å². The maximum Gasteiger partial charge on any atom is 0.252 e. The van der Waals surface area contributed by atoms with E-state index in [0.29, 0.717) is 41.1 Å². The lowest BCUT2D eigenvalue weighted by atomic mass is 10.1. The lowest BCUT2D eigenvalue weighted by molar-refractivity contribution is -0.131. The minimum atomic E-state index is -0.732. The van der Waals surface area contributed by atoms with Crippen molar-refractivity contribution in [3.05, 3.63) is 83.9 Å². The van der Waals surface area contributed by atoms with Gasteiger partial charge >= 0.3 is 0 Å².